The summed E-state index contributed by atoms with van der Waals surface area (Å²) in [4.78, 5) is 14.7. The van der Waals surface area contributed by atoms with Crippen molar-refractivity contribution in [2.24, 2.45) is 5.92 Å². The molecule has 0 spiro atoms. The predicted molar refractivity (Wildman–Crippen MR) is 69.6 cm³/mol. The highest BCUT2D eigenvalue weighted by Crippen LogP contribution is 2.27. The Morgan fingerprint density at radius 2 is 2.22 bits per heavy atom. The standard InChI is InChI=1S/C12H14N4OS/c17-11-8-16(12-15-3-4-18-12)7-9(11)5-10-6-13-1-2-14-10/h1-4,6,9,11,17H,5,7-8H2/t9-,11-/m1/s1. The van der Waals surface area contributed by atoms with Gasteiger partial charge < -0.3 is 10.0 Å². The molecule has 18 heavy (non-hydrogen) atoms. The number of nitrogens with zero attached hydrogens (tertiary/aromatic N) is 4. The van der Waals surface area contributed by atoms with Crippen molar-refractivity contribution < 1.29 is 5.11 Å². The Kier molecular flexibility index (Phi) is 3.21. The average molecular weight is 262 g/mol. The number of aliphatic hydroxyl groups is 1. The first kappa shape index (κ1) is 11.6. The monoisotopic (exact) mass is 262 g/mol. The van der Waals surface area contributed by atoms with Crippen molar-refractivity contribution in [2.45, 2.75) is 12.5 Å². The third-order valence-electron chi connectivity index (χ3n) is 3.18. The average Bonchev–Trinajstić information content (AvgIpc) is 3.01. The molecular weight excluding hydrogens is 248 g/mol. The van der Waals surface area contributed by atoms with Crippen molar-refractivity contribution in [3.63, 3.8) is 0 Å². The Balaban J connectivity index is 1.68. The highest BCUT2D eigenvalue weighted by molar-refractivity contribution is 7.13. The molecule has 0 bridgehead atoms. The van der Waals surface area contributed by atoms with E-state index in [1.165, 1.54) is 0 Å². The number of thiazole rings is 1. The van der Waals surface area contributed by atoms with Crippen LogP contribution in [0.25, 0.3) is 0 Å². The first-order valence-electron chi connectivity index (χ1n) is 5.90. The largest absolute Gasteiger partial charge is 0.391 e. The Hall–Kier alpha value is -1.53. The zero-order valence-electron chi connectivity index (χ0n) is 9.81. The van der Waals surface area contributed by atoms with Crippen LogP contribution in [-0.4, -0.2) is 39.3 Å². The van der Waals surface area contributed by atoms with Gasteiger partial charge in [-0.15, -0.1) is 11.3 Å². The Bertz CT molecular complexity index is 490. The highest BCUT2D eigenvalue weighted by atomic mass is 32.1. The Labute approximate surface area is 109 Å². The van der Waals surface area contributed by atoms with Crippen molar-refractivity contribution in [2.75, 3.05) is 18.0 Å². The number of aliphatic hydroxyl groups excluding tert-OH is 1. The van der Waals surface area contributed by atoms with Gasteiger partial charge in [0, 0.05) is 49.2 Å². The molecule has 94 valence electrons. The van der Waals surface area contributed by atoms with Crippen LogP contribution in [0, 0.1) is 5.92 Å². The molecule has 0 aromatic carbocycles. The van der Waals surface area contributed by atoms with Crippen LogP contribution >= 0.6 is 11.3 Å². The molecule has 0 radical (unpaired) electrons. The lowest BCUT2D eigenvalue weighted by atomic mass is 10.0. The molecule has 0 amide bonds. The molecule has 5 nitrogen and oxygen atoms in total. The van der Waals surface area contributed by atoms with E-state index in [1.54, 1.807) is 36.1 Å². The summed E-state index contributed by atoms with van der Waals surface area (Å²) in [7, 11) is 0. The van der Waals surface area contributed by atoms with Gasteiger partial charge in [0.25, 0.3) is 0 Å². The van der Waals surface area contributed by atoms with Gasteiger partial charge in [-0.3, -0.25) is 9.97 Å². The van der Waals surface area contributed by atoms with Gasteiger partial charge in [0.1, 0.15) is 0 Å². The molecule has 1 saturated heterocycles. The molecule has 1 aliphatic heterocycles. The van der Waals surface area contributed by atoms with Crippen LogP contribution in [0.1, 0.15) is 5.69 Å². The van der Waals surface area contributed by atoms with Gasteiger partial charge in [-0.05, 0) is 6.42 Å². The summed E-state index contributed by atoms with van der Waals surface area (Å²) in [6, 6.07) is 0. The molecule has 2 aromatic rings. The summed E-state index contributed by atoms with van der Waals surface area (Å²) in [6.07, 6.45) is 7.35. The van der Waals surface area contributed by atoms with Gasteiger partial charge in [-0.25, -0.2) is 4.98 Å². The SMILES string of the molecule is O[C@@H]1CN(c2nccs2)C[C@H]1Cc1cnccn1. The maximum Gasteiger partial charge on any atom is 0.185 e. The maximum absolute atomic E-state index is 10.1. The molecule has 2 atom stereocenters. The van der Waals surface area contributed by atoms with Gasteiger partial charge in [-0.1, -0.05) is 0 Å². The van der Waals surface area contributed by atoms with Crippen molar-refractivity contribution in [1.82, 2.24) is 15.0 Å². The van der Waals surface area contributed by atoms with Gasteiger partial charge >= 0.3 is 0 Å². The molecule has 0 unspecified atom stereocenters. The van der Waals surface area contributed by atoms with E-state index in [1.807, 2.05) is 5.38 Å². The number of hydrogen-bond acceptors (Lipinski definition) is 6. The third-order valence-corrected chi connectivity index (χ3v) is 4.02. The van der Waals surface area contributed by atoms with E-state index in [-0.39, 0.29) is 12.0 Å². The van der Waals surface area contributed by atoms with Crippen LogP contribution in [0.4, 0.5) is 5.13 Å². The minimum Gasteiger partial charge on any atom is -0.391 e. The number of aromatic nitrogens is 3. The highest BCUT2D eigenvalue weighted by Gasteiger charge is 2.32. The summed E-state index contributed by atoms with van der Waals surface area (Å²) in [5.41, 5.74) is 0.933. The van der Waals surface area contributed by atoms with Gasteiger partial charge in [-0.2, -0.15) is 0 Å². The van der Waals surface area contributed by atoms with Crippen molar-refractivity contribution in [3.05, 3.63) is 35.9 Å². The summed E-state index contributed by atoms with van der Waals surface area (Å²) in [6.45, 7) is 1.48. The van der Waals surface area contributed by atoms with Crippen LogP contribution in [0.15, 0.2) is 30.2 Å². The number of rotatable bonds is 3. The molecule has 1 aliphatic rings. The molecule has 3 rings (SSSR count). The summed E-state index contributed by atoms with van der Waals surface area (Å²) < 4.78 is 0. The number of β-amino-alcohol motifs (C(OH)–C–C–N with tert-alkyl or cyclic N) is 1. The van der Waals surface area contributed by atoms with Crippen LogP contribution in [0.5, 0.6) is 0 Å². The van der Waals surface area contributed by atoms with Gasteiger partial charge in [0.15, 0.2) is 5.13 Å². The fourth-order valence-electron chi connectivity index (χ4n) is 2.29. The van der Waals surface area contributed by atoms with E-state index < -0.39 is 0 Å². The molecule has 3 heterocycles. The second kappa shape index (κ2) is 4.99. The van der Waals surface area contributed by atoms with E-state index >= 15 is 0 Å². The molecule has 0 aliphatic carbocycles. The smallest absolute Gasteiger partial charge is 0.185 e. The molecule has 1 N–H and O–H groups in total. The molecule has 6 heteroatoms. The van der Waals surface area contributed by atoms with Crippen LogP contribution in [-0.2, 0) is 6.42 Å². The summed E-state index contributed by atoms with van der Waals surface area (Å²) in [5.74, 6) is 0.200. The van der Waals surface area contributed by atoms with Crippen molar-refractivity contribution in [3.8, 4) is 0 Å². The lowest BCUT2D eigenvalue weighted by Crippen LogP contribution is -2.20. The number of anilines is 1. The first-order valence-corrected chi connectivity index (χ1v) is 6.78. The minimum absolute atomic E-state index is 0.200. The lowest BCUT2D eigenvalue weighted by Gasteiger charge is -2.13. The molecule has 2 aromatic heterocycles. The normalized spacial score (nSPS) is 23.5. The van der Waals surface area contributed by atoms with Gasteiger partial charge in [0.05, 0.1) is 11.8 Å². The van der Waals surface area contributed by atoms with E-state index in [0.29, 0.717) is 6.54 Å². The summed E-state index contributed by atoms with van der Waals surface area (Å²) in [5, 5.41) is 13.0. The Morgan fingerprint density at radius 1 is 1.28 bits per heavy atom. The van der Waals surface area contributed by atoms with E-state index in [0.717, 1.165) is 23.8 Å². The second-order valence-corrected chi connectivity index (χ2v) is 5.32. The fourth-order valence-corrected chi connectivity index (χ4v) is 2.95. The quantitative estimate of drug-likeness (QED) is 0.893. The van der Waals surface area contributed by atoms with Crippen LogP contribution in [0.2, 0.25) is 0 Å². The van der Waals surface area contributed by atoms with Crippen LogP contribution < -0.4 is 4.90 Å². The topological polar surface area (TPSA) is 62.1 Å². The van der Waals surface area contributed by atoms with E-state index in [2.05, 4.69) is 19.9 Å². The zero-order valence-corrected chi connectivity index (χ0v) is 10.6. The van der Waals surface area contributed by atoms with Crippen molar-refractivity contribution >= 4 is 16.5 Å². The number of hydrogen-bond donors (Lipinski definition) is 1. The van der Waals surface area contributed by atoms with Gasteiger partial charge in [0.2, 0.25) is 0 Å². The van der Waals surface area contributed by atoms with E-state index in [4.69, 9.17) is 0 Å². The molecule has 0 saturated carbocycles. The molecular formula is C12H14N4OS. The fraction of sp³-hybridized carbons (Fsp3) is 0.417. The first-order chi connectivity index (χ1) is 8.83. The van der Waals surface area contributed by atoms with E-state index in [9.17, 15) is 5.11 Å². The Morgan fingerprint density at radius 3 is 2.94 bits per heavy atom. The van der Waals surface area contributed by atoms with Crippen LogP contribution in [0.3, 0.4) is 0 Å². The minimum atomic E-state index is -0.323. The molecule has 1 fully saturated rings. The second-order valence-electron chi connectivity index (χ2n) is 4.45. The third kappa shape index (κ3) is 2.34. The predicted octanol–water partition coefficient (Wildman–Crippen LogP) is 0.973. The maximum atomic E-state index is 10.1. The lowest BCUT2D eigenvalue weighted by molar-refractivity contribution is 0.147. The summed E-state index contributed by atoms with van der Waals surface area (Å²) >= 11 is 1.61. The zero-order chi connectivity index (χ0) is 12.4. The van der Waals surface area contributed by atoms with Crippen molar-refractivity contribution in [1.29, 1.82) is 0 Å².